The van der Waals surface area contributed by atoms with Crippen LogP contribution in [0.25, 0.3) is 30.6 Å². The molecule has 11 rings (SSSR count). The summed E-state index contributed by atoms with van der Waals surface area (Å²) in [5.41, 5.74) is 22.1. The van der Waals surface area contributed by atoms with E-state index in [4.69, 9.17) is 36.5 Å². The number of aromatic nitrogens is 5. The molecule has 25 heteroatoms. The Labute approximate surface area is 611 Å². The number of carboxylic acids is 1. The molecule has 8 aromatic rings. The van der Waals surface area contributed by atoms with Crippen molar-refractivity contribution in [1.29, 1.82) is 0 Å². The number of carboxylic acid groups (broad SMARTS) is 1. The van der Waals surface area contributed by atoms with Crippen molar-refractivity contribution >= 4 is 125 Å². The zero-order chi connectivity index (χ0) is 68.3. The largest absolute Gasteiger partial charge is 1.00 e. The van der Waals surface area contributed by atoms with Gasteiger partial charge in [0.25, 0.3) is 0 Å². The third-order valence-electron chi connectivity index (χ3n) is 17.3. The zero-order valence-electron chi connectivity index (χ0n) is 60.0. The topological polar surface area (TPSA) is 266 Å². The van der Waals surface area contributed by atoms with E-state index in [0.29, 0.717) is 54.4 Å². The van der Waals surface area contributed by atoms with Crippen molar-refractivity contribution in [3.63, 3.8) is 0 Å². The minimum absolute atomic E-state index is 0. The summed E-state index contributed by atoms with van der Waals surface area (Å²) in [6.07, 6.45) is 17.4. The fourth-order valence-electron chi connectivity index (χ4n) is 11.8. The predicted molar refractivity (Wildman–Crippen MR) is 399 cm³/mol. The summed E-state index contributed by atoms with van der Waals surface area (Å²) in [6, 6.07) is 23.5. The molecule has 0 aliphatic carbocycles. The number of thiazole rings is 3. The fourth-order valence-corrected chi connectivity index (χ4v) is 14.8. The molecule has 8 heterocycles. The number of aliphatic imine (C=N–C) groups is 1. The maximum absolute atomic E-state index is 13.3. The molecule has 515 valence electrons. The van der Waals surface area contributed by atoms with E-state index in [-0.39, 0.29) is 45.4 Å². The molecule has 0 spiro atoms. The molecule has 3 amide bonds. The number of benzene rings is 3. The molecule has 8 N–H and O–H groups in total. The van der Waals surface area contributed by atoms with Crippen LogP contribution in [0.4, 0.5) is 23.0 Å². The predicted octanol–water partition coefficient (Wildman–Crippen LogP) is 9.11. The number of carbonyl (C=O) groups is 4. The first-order chi connectivity index (χ1) is 45.5. The van der Waals surface area contributed by atoms with Crippen molar-refractivity contribution < 1.29 is 55.3 Å². The molecule has 3 aliphatic heterocycles. The first kappa shape index (κ1) is 79.7. The van der Waals surface area contributed by atoms with Gasteiger partial charge in [0.2, 0.25) is 0 Å². The van der Waals surface area contributed by atoms with Crippen molar-refractivity contribution in [1.82, 2.24) is 49.8 Å². The number of pyridine rings is 2. The number of nitrogens with zero attached hydrogens (tertiary/aromatic N) is 10. The molecule has 3 aliphatic rings. The van der Waals surface area contributed by atoms with E-state index in [2.05, 4.69) is 158 Å². The molecule has 3 radical (unpaired) electrons. The maximum atomic E-state index is 13.3. The number of piperidine rings is 2. The number of aliphatic carboxylic acids is 1. The van der Waals surface area contributed by atoms with Gasteiger partial charge in [0.15, 0.2) is 0 Å². The summed E-state index contributed by atoms with van der Waals surface area (Å²) in [5, 5.41) is 20.6. The Balaban J connectivity index is 0.000000245. The summed E-state index contributed by atoms with van der Waals surface area (Å²) in [6.45, 7) is 16.5. The maximum Gasteiger partial charge on any atom is 1.00 e. The second-order valence-corrected chi connectivity index (χ2v) is 29.7. The SMILES string of the molecule is CCc1cc(NC(=O)C(=O)N2C[C@@H](C)CC[C@@H]2c2ccc3sc(CCCN(C)C)nc3c2)cnc1N.CCc1cc(NC(=O)C(=O)O)cnc1N.C[C@H]1CCC(c2ccc3sc(CCCN(C)C)nc3c2)=NC1.C[C@H]1CC[C@H](c2ccc3sc(CCCN(C)C)nc3c2)NC1.[B].[H-].[Na+]. The smallest absolute Gasteiger partial charge is 1.00 e. The Morgan fingerprint density at radius 3 is 1.56 bits per heavy atom. The second kappa shape index (κ2) is 38.9. The number of anilines is 4. The average molecular weight is 1390 g/mol. The number of likely N-dealkylation sites (tertiary alicyclic amines) is 1. The Kier molecular flexibility index (Phi) is 31.9. The summed E-state index contributed by atoms with van der Waals surface area (Å²) >= 11 is 5.42. The normalized spacial score (nSPS) is 17.6. The van der Waals surface area contributed by atoms with Crippen LogP contribution >= 0.6 is 34.0 Å². The van der Waals surface area contributed by atoms with E-state index in [1.165, 1.54) is 86.3 Å². The van der Waals surface area contributed by atoms with Crippen LogP contribution in [0.2, 0.25) is 0 Å². The Morgan fingerprint density at radius 2 is 1.09 bits per heavy atom. The van der Waals surface area contributed by atoms with Crippen molar-refractivity contribution in [2.75, 3.05) is 104 Å². The van der Waals surface area contributed by atoms with Crippen molar-refractivity contribution in [3.05, 3.63) is 122 Å². The van der Waals surface area contributed by atoms with Crippen LogP contribution in [0.5, 0.6) is 0 Å². The standard InChI is InChI=1S/C27H36N6O2S.C18H27N3S.C18H25N3S.C9H11N3O3.B.Na.H/c1-5-18-13-20(15-29-25(18)28)30-26(34)27(35)33-16-17(2)8-10-22(33)19-9-11-23-21(14-19)31-24(36-23)7-6-12-32(3)4;2*1-13-6-8-15(19-12-13)14-7-9-17-16(11-14)20-18(22-17)5-4-10-21(2)3;1-2-5-3-6(4-11-7(5)10)12-8(13)9(14)15;;;/h9,11,13-15,17,22H,5-8,10,12,16H2,1-4H3,(H2,28,29)(H,30,34);7,9,11,13,15,19H,4-6,8,10,12H2,1-3H3;7,9,11,13H,4-6,8,10,12H2,1-3H3;3-4H,2H2,1H3,(H2,10,11)(H,12,13)(H,14,15);;;/q;;;;;+1;-1/t17-,22+;13-,15+;13-;;;;/m000..../s1. The van der Waals surface area contributed by atoms with Gasteiger partial charge in [0.05, 0.1) is 75.5 Å². The number of fused-ring (bicyclic) bond motifs is 3. The molecule has 97 heavy (non-hydrogen) atoms. The molecule has 2 fully saturated rings. The third kappa shape index (κ3) is 23.9. The quantitative estimate of drug-likeness (QED) is 0.0325. The van der Waals surface area contributed by atoms with E-state index in [9.17, 15) is 19.2 Å². The minimum Gasteiger partial charge on any atom is -1.00 e. The molecule has 0 unspecified atom stereocenters. The van der Waals surface area contributed by atoms with Gasteiger partial charge in [-0.2, -0.15) is 0 Å². The summed E-state index contributed by atoms with van der Waals surface area (Å²) in [7, 11) is 12.7. The van der Waals surface area contributed by atoms with Gasteiger partial charge in [-0.25, -0.2) is 29.7 Å². The van der Waals surface area contributed by atoms with Gasteiger partial charge in [-0.3, -0.25) is 19.4 Å². The van der Waals surface area contributed by atoms with Crippen LogP contribution in [0.15, 0.2) is 84.1 Å². The molecule has 20 nitrogen and oxygen atoms in total. The monoisotopic (exact) mass is 1380 g/mol. The van der Waals surface area contributed by atoms with E-state index in [1.54, 1.807) is 28.4 Å². The van der Waals surface area contributed by atoms with Crippen LogP contribution < -0.4 is 57.0 Å². The number of nitrogen functional groups attached to an aromatic ring is 2. The number of nitrogens with one attached hydrogen (secondary N) is 3. The number of hydrogen-bond donors (Lipinski definition) is 6. The van der Waals surface area contributed by atoms with Crippen LogP contribution in [0.3, 0.4) is 0 Å². The van der Waals surface area contributed by atoms with Gasteiger partial charge in [0, 0.05) is 52.5 Å². The van der Waals surface area contributed by atoms with Gasteiger partial charge in [-0.15, -0.1) is 34.0 Å². The molecular formula is C72H100BN15NaO5S3. The van der Waals surface area contributed by atoms with Gasteiger partial charge in [0.1, 0.15) is 11.6 Å². The van der Waals surface area contributed by atoms with E-state index >= 15 is 0 Å². The summed E-state index contributed by atoms with van der Waals surface area (Å²) in [5.74, 6) is -1.12. The Hall–Kier alpha value is -6.32. The van der Waals surface area contributed by atoms with Crippen LogP contribution in [-0.2, 0) is 51.3 Å². The van der Waals surface area contributed by atoms with Crippen LogP contribution in [0.1, 0.15) is 149 Å². The van der Waals surface area contributed by atoms with E-state index < -0.39 is 23.7 Å². The molecule has 2 saturated heterocycles. The summed E-state index contributed by atoms with van der Waals surface area (Å²) in [4.78, 5) is 83.0. The van der Waals surface area contributed by atoms with E-state index in [0.717, 1.165) is 127 Å². The van der Waals surface area contributed by atoms with Crippen molar-refractivity contribution in [2.24, 2.45) is 22.7 Å². The van der Waals surface area contributed by atoms with Crippen LogP contribution in [-0.4, -0.2) is 169 Å². The number of amides is 3. The fraction of sp³-hybridized carbons (Fsp3) is 0.500. The van der Waals surface area contributed by atoms with Crippen LogP contribution in [0, 0.1) is 17.8 Å². The second-order valence-electron chi connectivity index (χ2n) is 26.4. The molecule has 5 aromatic heterocycles. The zero-order valence-corrected chi connectivity index (χ0v) is 63.5. The number of carbonyl (C=O) groups excluding carboxylic acids is 3. The molecular weight excluding hydrogens is 1280 g/mol. The third-order valence-corrected chi connectivity index (χ3v) is 20.6. The molecule has 0 saturated carbocycles. The Bertz CT molecular complexity index is 3910. The van der Waals surface area contributed by atoms with E-state index in [1.807, 2.05) is 36.5 Å². The van der Waals surface area contributed by atoms with Gasteiger partial charge in [-0.1, -0.05) is 52.8 Å². The number of nitrogens with two attached hydrogens (primary N) is 2. The number of rotatable bonds is 19. The summed E-state index contributed by atoms with van der Waals surface area (Å²) < 4.78 is 3.78. The van der Waals surface area contributed by atoms with Gasteiger partial charge < -0.3 is 53.6 Å². The van der Waals surface area contributed by atoms with Gasteiger partial charge in [-0.05, 0) is 233 Å². The van der Waals surface area contributed by atoms with Gasteiger partial charge >= 0.3 is 53.2 Å². The molecule has 0 bridgehead atoms. The average Bonchev–Trinajstić information content (AvgIpc) is 1.50. The van der Waals surface area contributed by atoms with Crippen molar-refractivity contribution in [3.8, 4) is 0 Å². The Morgan fingerprint density at radius 1 is 0.619 bits per heavy atom. The first-order valence-electron chi connectivity index (χ1n) is 33.6. The number of aryl methyl sites for hydroxylation is 5. The molecule has 5 atom stereocenters. The first-order valence-corrected chi connectivity index (χ1v) is 36.0. The molecule has 3 aromatic carbocycles. The van der Waals surface area contributed by atoms with Crippen molar-refractivity contribution in [2.45, 2.75) is 137 Å². The minimum atomic E-state index is -1.54. The number of hydrogen-bond acceptors (Lipinski definition) is 19.